The van der Waals surface area contributed by atoms with Crippen LogP contribution in [-0.2, 0) is 16.5 Å². The Morgan fingerprint density at radius 1 is 0.356 bits per heavy atom. The molecule has 9 rings (SSSR count). The second-order valence-electron chi connectivity index (χ2n) is 10.7. The van der Waals surface area contributed by atoms with Crippen molar-refractivity contribution in [1.82, 2.24) is 39.9 Å². The van der Waals surface area contributed by atoms with Gasteiger partial charge in [-0.1, -0.05) is 12.1 Å². The minimum atomic E-state index is 0. The van der Waals surface area contributed by atoms with Crippen LogP contribution in [0.5, 0.6) is 0 Å². The minimum Gasteiger partial charge on any atom is -0.399 e. The van der Waals surface area contributed by atoms with Gasteiger partial charge in [-0.25, -0.2) is 9.97 Å². The molecule has 7 aromatic rings. The molecule has 0 unspecified atom stereocenters. The van der Waals surface area contributed by atoms with Gasteiger partial charge in [0, 0.05) is 67.6 Å². The second kappa shape index (κ2) is 9.47. The number of nitrogens with zero attached hydrogens (tertiary/aromatic N) is 8. The predicted molar refractivity (Wildman–Crippen MR) is 172 cm³/mol. The van der Waals surface area contributed by atoms with E-state index in [4.69, 9.17) is 62.8 Å². The zero-order chi connectivity index (χ0) is 29.7. The largest absolute Gasteiger partial charge is 2.00 e. The number of hydrogen-bond acceptors (Lipinski definition) is 10. The quantitative estimate of drug-likeness (QED) is 0.135. The first-order chi connectivity index (χ1) is 21.4. The minimum absolute atomic E-state index is 0. The summed E-state index contributed by atoms with van der Waals surface area (Å²) in [5, 5.41) is 2.97. The van der Waals surface area contributed by atoms with E-state index in [0.717, 1.165) is 43.8 Å². The van der Waals surface area contributed by atoms with Crippen LogP contribution in [0.3, 0.4) is 0 Å². The molecule has 13 heteroatoms. The molecule has 0 radical (unpaired) electrons. The smallest absolute Gasteiger partial charge is 0.399 e. The zero-order valence-corrected chi connectivity index (χ0v) is 24.1. The second-order valence-corrected chi connectivity index (χ2v) is 10.7. The SMILES string of the molecule is Nc1ccc2c(c1)-c1nc-2nc2[n-]c(nc3nc(nc4[n-]c(n1)c1ccc(N)cc41)-c1ccc(N)cc1-3)c1ccc(N)cc21.[Ni+2]. The van der Waals surface area contributed by atoms with E-state index in [9.17, 15) is 0 Å². The van der Waals surface area contributed by atoms with Gasteiger partial charge in [-0.2, -0.15) is 0 Å². The van der Waals surface area contributed by atoms with Crippen molar-refractivity contribution in [3.63, 3.8) is 0 Å². The van der Waals surface area contributed by atoms with E-state index in [-0.39, 0.29) is 16.5 Å². The Bertz CT molecular complexity index is 2390. The molecule has 0 saturated carbocycles. The summed E-state index contributed by atoms with van der Waals surface area (Å²) >= 11 is 0. The van der Waals surface area contributed by atoms with Crippen molar-refractivity contribution in [3.05, 3.63) is 72.8 Å². The van der Waals surface area contributed by atoms with Crippen LogP contribution in [0.4, 0.5) is 22.7 Å². The molecular weight excluding hydrogens is 611 g/mol. The van der Waals surface area contributed by atoms with Gasteiger partial charge in [-0.3, -0.25) is 0 Å². The maximum atomic E-state index is 6.19. The number of anilines is 4. The van der Waals surface area contributed by atoms with Crippen LogP contribution in [0, 0.1) is 0 Å². The Balaban J connectivity index is 0.00000300. The summed E-state index contributed by atoms with van der Waals surface area (Å²) in [6.45, 7) is 0. The first-order valence-electron chi connectivity index (χ1n) is 13.7. The fourth-order valence-electron chi connectivity index (χ4n) is 5.73. The molecule has 0 aliphatic carbocycles. The van der Waals surface area contributed by atoms with Crippen LogP contribution >= 0.6 is 0 Å². The molecule has 4 aromatic carbocycles. The van der Waals surface area contributed by atoms with E-state index < -0.39 is 0 Å². The first kappa shape index (κ1) is 26.6. The molecule has 45 heavy (non-hydrogen) atoms. The summed E-state index contributed by atoms with van der Waals surface area (Å²) in [7, 11) is 0. The third-order valence-corrected chi connectivity index (χ3v) is 7.80. The van der Waals surface area contributed by atoms with Gasteiger partial charge in [0.15, 0.2) is 0 Å². The molecule has 5 heterocycles. The van der Waals surface area contributed by atoms with E-state index in [2.05, 4.69) is 0 Å². The number of nitrogen functional groups attached to an aromatic ring is 4. The van der Waals surface area contributed by atoms with Crippen LogP contribution in [0.15, 0.2) is 72.8 Å². The maximum Gasteiger partial charge on any atom is 2.00 e. The number of fused-ring (bicyclic) bond motifs is 20. The van der Waals surface area contributed by atoms with Crippen molar-refractivity contribution < 1.29 is 16.5 Å². The van der Waals surface area contributed by atoms with E-state index in [1.165, 1.54) is 0 Å². The molecule has 2 aliphatic rings. The average molecular weight is 631 g/mol. The maximum absolute atomic E-state index is 6.19. The van der Waals surface area contributed by atoms with Gasteiger partial charge in [0.2, 0.25) is 0 Å². The van der Waals surface area contributed by atoms with E-state index in [1.54, 1.807) is 24.3 Å². The van der Waals surface area contributed by atoms with Crippen molar-refractivity contribution in [2.24, 2.45) is 0 Å². The molecule has 0 spiro atoms. The third kappa shape index (κ3) is 4.05. The van der Waals surface area contributed by atoms with Crippen molar-refractivity contribution in [2.45, 2.75) is 0 Å². The number of aromatic nitrogens is 8. The fraction of sp³-hybridized carbons (Fsp3) is 0. The van der Waals surface area contributed by atoms with E-state index in [1.807, 2.05) is 48.5 Å². The van der Waals surface area contributed by atoms with Gasteiger partial charge in [-0.15, -0.1) is 0 Å². The summed E-state index contributed by atoms with van der Waals surface area (Å²) in [5.74, 6) is 1.68. The Kier molecular flexibility index (Phi) is 5.59. The van der Waals surface area contributed by atoms with Gasteiger partial charge >= 0.3 is 16.5 Å². The fourth-order valence-corrected chi connectivity index (χ4v) is 5.73. The first-order valence-corrected chi connectivity index (χ1v) is 13.7. The van der Waals surface area contributed by atoms with Crippen LogP contribution in [0.1, 0.15) is 0 Å². The molecule has 218 valence electrons. The molecule has 3 aromatic heterocycles. The van der Waals surface area contributed by atoms with Gasteiger partial charge < -0.3 is 52.8 Å². The Morgan fingerprint density at radius 2 is 0.689 bits per heavy atom. The Hall–Kier alpha value is -6.07. The van der Waals surface area contributed by atoms with Gasteiger partial charge in [0.1, 0.15) is 0 Å². The summed E-state index contributed by atoms with van der Waals surface area (Å²) in [4.78, 5) is 39.0. The Morgan fingerprint density at radius 3 is 1.11 bits per heavy atom. The van der Waals surface area contributed by atoms with Crippen molar-refractivity contribution in [3.8, 4) is 45.6 Å². The molecule has 0 atom stereocenters. The summed E-state index contributed by atoms with van der Waals surface area (Å²) in [6, 6.07) is 22.0. The Labute approximate surface area is 263 Å². The number of benzene rings is 4. The molecule has 0 saturated heterocycles. The summed E-state index contributed by atoms with van der Waals surface area (Å²) in [6.07, 6.45) is 0. The number of nitrogens with two attached hydrogens (primary N) is 4. The average Bonchev–Trinajstić information content (AvgIpc) is 3.71. The number of hydrogen-bond donors (Lipinski definition) is 4. The molecule has 8 bridgehead atoms. The molecule has 12 nitrogen and oxygen atoms in total. The van der Waals surface area contributed by atoms with Crippen molar-refractivity contribution >= 4 is 66.9 Å². The topological polar surface area (TPSA) is 210 Å². The third-order valence-electron chi connectivity index (χ3n) is 7.80. The van der Waals surface area contributed by atoms with Crippen molar-refractivity contribution in [1.29, 1.82) is 0 Å². The monoisotopic (exact) mass is 630 g/mol. The molecule has 2 aliphatic heterocycles. The van der Waals surface area contributed by atoms with Gasteiger partial charge in [0.05, 0.1) is 23.3 Å². The van der Waals surface area contributed by atoms with Gasteiger partial charge in [-0.05, 0) is 82.2 Å². The van der Waals surface area contributed by atoms with Crippen LogP contribution in [-0.4, -0.2) is 29.9 Å². The van der Waals surface area contributed by atoms with Crippen LogP contribution in [0.25, 0.3) is 89.7 Å². The van der Waals surface area contributed by atoms with Crippen LogP contribution in [0.2, 0.25) is 0 Å². The number of rotatable bonds is 0. The molecule has 8 N–H and O–H groups in total. The predicted octanol–water partition coefficient (Wildman–Crippen LogP) is 4.45. The normalized spacial score (nSPS) is 11.7. The van der Waals surface area contributed by atoms with Crippen LogP contribution < -0.4 is 32.9 Å². The molecule has 0 amide bonds. The summed E-state index contributed by atoms with van der Waals surface area (Å²) in [5.41, 5.74) is 31.7. The molecule has 0 fully saturated rings. The summed E-state index contributed by atoms with van der Waals surface area (Å²) < 4.78 is 0. The van der Waals surface area contributed by atoms with E-state index in [0.29, 0.717) is 68.6 Å². The standard InChI is InChI=1S/C32H20N12.Ni/c33-13-1-5-17-21(9-13)29-37-25(17)41-30-22-10-14(34)2-6-18(22)27(38-30)43-32-24-12-16(36)4-8-20(24)28(40-32)44-31-23-11-15(35)3-7-19(23)26(39-31)42-29;/h1-12H,33-36H2;/q-2;+2. The van der Waals surface area contributed by atoms with Gasteiger partial charge in [0.25, 0.3) is 0 Å². The zero-order valence-electron chi connectivity index (χ0n) is 23.1. The van der Waals surface area contributed by atoms with E-state index >= 15 is 0 Å². The van der Waals surface area contributed by atoms with Crippen molar-refractivity contribution in [2.75, 3.05) is 22.9 Å². The molecular formula is C32H20N12Ni.